The molecule has 4 heteroatoms. The number of fused-ring (bicyclic) bond motifs is 1. The molecule has 5 aromatic carbocycles. The van der Waals surface area contributed by atoms with Gasteiger partial charge in [0.05, 0.1) is 0 Å². The third-order valence-electron chi connectivity index (χ3n) is 8.57. The molecule has 0 saturated heterocycles. The Labute approximate surface area is 299 Å². The van der Waals surface area contributed by atoms with Gasteiger partial charge in [-0.1, -0.05) is 165 Å². The van der Waals surface area contributed by atoms with Crippen LogP contribution in [0.25, 0.3) is 5.32 Å². The molecule has 1 aliphatic rings. The largest absolute Gasteiger partial charge is 0.658 e. The molecule has 0 bridgehead atoms. The van der Waals surface area contributed by atoms with Crippen molar-refractivity contribution in [1.82, 2.24) is 0 Å². The summed E-state index contributed by atoms with van der Waals surface area (Å²) in [4.78, 5) is 4.89. The van der Waals surface area contributed by atoms with Gasteiger partial charge in [0, 0.05) is 45.1 Å². The summed E-state index contributed by atoms with van der Waals surface area (Å²) >= 11 is 0. The first-order chi connectivity index (χ1) is 22.2. The Morgan fingerprint density at radius 1 is 0.404 bits per heavy atom. The molecular weight excluding hydrogens is 755 g/mol. The molecule has 1 heterocycles. The molecule has 0 fully saturated rings. The van der Waals surface area contributed by atoms with E-state index in [4.69, 9.17) is 0 Å². The van der Waals surface area contributed by atoms with E-state index in [-0.39, 0.29) is 22.4 Å². The fourth-order valence-electron chi connectivity index (χ4n) is 6.20. The molecular formula is C43H49AuN3-2. The van der Waals surface area contributed by atoms with Gasteiger partial charge < -0.3 is 15.1 Å². The van der Waals surface area contributed by atoms with Crippen molar-refractivity contribution >= 4 is 34.1 Å². The first-order valence-electron chi connectivity index (χ1n) is 16.8. The molecule has 1 radical (unpaired) electrons. The SMILES string of the molecule is CC(C)c1cccc(C(C)C)c1N1[CH-]N(c2c(C(C)C)cccc2C(C)C)c2ccccc21.[Au].c1ccc([N-]c2ccccc2)cc1. The molecule has 0 spiro atoms. The first kappa shape index (κ1) is 36.1. The smallest absolute Gasteiger partial charge is 0.0345 e. The van der Waals surface area contributed by atoms with Crippen LogP contribution in [0.5, 0.6) is 0 Å². The van der Waals surface area contributed by atoms with Gasteiger partial charge >= 0.3 is 0 Å². The third-order valence-corrected chi connectivity index (χ3v) is 8.57. The van der Waals surface area contributed by atoms with Crippen molar-refractivity contribution in [3.05, 3.63) is 156 Å². The van der Waals surface area contributed by atoms with Gasteiger partial charge in [0.15, 0.2) is 0 Å². The summed E-state index contributed by atoms with van der Waals surface area (Å²) in [6, 6.07) is 42.4. The Balaban J connectivity index is 0.000000298. The van der Waals surface area contributed by atoms with E-state index in [0.717, 1.165) is 11.4 Å². The fraction of sp³-hybridized carbons (Fsp3) is 0.279. The molecule has 6 rings (SSSR count). The van der Waals surface area contributed by atoms with Gasteiger partial charge in [0.25, 0.3) is 0 Å². The summed E-state index contributed by atoms with van der Waals surface area (Å²) in [5, 5.41) is 4.44. The third kappa shape index (κ3) is 8.22. The monoisotopic (exact) mass is 804 g/mol. The van der Waals surface area contributed by atoms with Crippen molar-refractivity contribution in [2.45, 2.75) is 79.1 Å². The van der Waals surface area contributed by atoms with E-state index in [1.54, 1.807) is 0 Å². The predicted molar refractivity (Wildman–Crippen MR) is 200 cm³/mol. The number of anilines is 4. The van der Waals surface area contributed by atoms with Crippen molar-refractivity contribution in [2.24, 2.45) is 0 Å². The van der Waals surface area contributed by atoms with Crippen molar-refractivity contribution in [1.29, 1.82) is 0 Å². The normalized spacial score (nSPS) is 12.3. The van der Waals surface area contributed by atoms with Crippen LogP contribution in [0.3, 0.4) is 0 Å². The van der Waals surface area contributed by atoms with E-state index in [1.807, 2.05) is 60.7 Å². The molecule has 0 N–H and O–H groups in total. The zero-order chi connectivity index (χ0) is 32.8. The summed E-state index contributed by atoms with van der Waals surface area (Å²) in [6.07, 6.45) is 0. The Bertz CT molecular complexity index is 1530. The molecule has 249 valence electrons. The maximum Gasteiger partial charge on any atom is 0.0345 e. The van der Waals surface area contributed by atoms with Crippen LogP contribution < -0.4 is 9.80 Å². The van der Waals surface area contributed by atoms with Crippen LogP contribution in [0, 0.1) is 6.67 Å². The molecule has 0 aromatic heterocycles. The summed E-state index contributed by atoms with van der Waals surface area (Å²) in [5.74, 6) is 1.79. The zero-order valence-corrected chi connectivity index (χ0v) is 31.2. The number of benzene rings is 5. The van der Waals surface area contributed by atoms with Crippen molar-refractivity contribution < 1.29 is 22.4 Å². The Morgan fingerprint density at radius 3 is 1.00 bits per heavy atom. The van der Waals surface area contributed by atoms with Gasteiger partial charge in [0.1, 0.15) is 0 Å². The molecule has 0 atom stereocenters. The van der Waals surface area contributed by atoms with E-state index in [0.29, 0.717) is 23.7 Å². The van der Waals surface area contributed by atoms with E-state index < -0.39 is 0 Å². The molecule has 0 saturated carbocycles. The first-order valence-corrected chi connectivity index (χ1v) is 16.8. The summed E-state index contributed by atoms with van der Waals surface area (Å²) < 4.78 is 0. The van der Waals surface area contributed by atoms with Gasteiger partial charge in [-0.15, -0.1) is 18.0 Å². The molecule has 0 amide bonds. The molecule has 0 unspecified atom stereocenters. The number of hydrogen-bond donors (Lipinski definition) is 0. The average Bonchev–Trinajstić information content (AvgIpc) is 3.44. The second-order valence-electron chi connectivity index (χ2n) is 13.3. The maximum absolute atomic E-state index is 4.44. The van der Waals surface area contributed by atoms with Crippen LogP contribution in [0.15, 0.2) is 121 Å². The molecule has 1 aliphatic heterocycles. The average molecular weight is 805 g/mol. The van der Waals surface area contributed by atoms with Gasteiger partial charge in [0.2, 0.25) is 0 Å². The van der Waals surface area contributed by atoms with Crippen molar-refractivity contribution in [3.63, 3.8) is 0 Å². The second-order valence-corrected chi connectivity index (χ2v) is 13.3. The topological polar surface area (TPSA) is 20.6 Å². The van der Waals surface area contributed by atoms with E-state index in [1.165, 1.54) is 45.0 Å². The van der Waals surface area contributed by atoms with E-state index in [9.17, 15) is 0 Å². The Kier molecular flexibility index (Phi) is 12.6. The second kappa shape index (κ2) is 16.4. The number of hydrogen-bond acceptors (Lipinski definition) is 2. The molecule has 0 aliphatic carbocycles. The molecule has 3 nitrogen and oxygen atoms in total. The van der Waals surface area contributed by atoms with Crippen LogP contribution in [0.4, 0.5) is 34.1 Å². The quantitative estimate of drug-likeness (QED) is 0.115. The number of nitrogens with zero attached hydrogens (tertiary/aromatic N) is 3. The summed E-state index contributed by atoms with van der Waals surface area (Å²) in [5.41, 5.74) is 12.8. The Hall–Kier alpha value is -3.76. The van der Waals surface area contributed by atoms with Crippen LogP contribution >= 0.6 is 0 Å². The van der Waals surface area contributed by atoms with E-state index >= 15 is 0 Å². The van der Waals surface area contributed by atoms with Crippen molar-refractivity contribution in [3.8, 4) is 0 Å². The van der Waals surface area contributed by atoms with Crippen LogP contribution in [0.2, 0.25) is 0 Å². The molecule has 47 heavy (non-hydrogen) atoms. The van der Waals surface area contributed by atoms with Crippen LogP contribution in [0.1, 0.15) is 101 Å². The minimum atomic E-state index is 0. The van der Waals surface area contributed by atoms with Crippen LogP contribution in [-0.4, -0.2) is 0 Å². The fourth-order valence-corrected chi connectivity index (χ4v) is 6.20. The van der Waals surface area contributed by atoms with E-state index in [2.05, 4.69) is 138 Å². The number of rotatable bonds is 8. The van der Waals surface area contributed by atoms with Crippen molar-refractivity contribution in [2.75, 3.05) is 9.80 Å². The summed E-state index contributed by atoms with van der Waals surface area (Å²) in [7, 11) is 0. The predicted octanol–water partition coefficient (Wildman–Crippen LogP) is 13.6. The standard InChI is InChI=1S/C31H39N2.C12H10N.Au/c1-20(2)24-13-11-14-25(21(3)4)30(24)32-19-33(29-18-10-9-17-28(29)32)31-26(22(5)6)15-12-16-27(31)23(7)8;1-3-7-11(8-4-1)13-12-9-5-2-6-10-12;/h9-23H,1-8H3;1-10H;/q2*-1;. The van der Waals surface area contributed by atoms with Crippen LogP contribution in [-0.2, 0) is 22.4 Å². The van der Waals surface area contributed by atoms with Gasteiger partial charge in [-0.25, -0.2) is 0 Å². The van der Waals surface area contributed by atoms with Gasteiger partial charge in [-0.3, -0.25) is 0 Å². The minimum Gasteiger partial charge on any atom is -0.658 e. The Morgan fingerprint density at radius 2 is 0.702 bits per heavy atom. The molecule has 5 aromatic rings. The number of para-hydroxylation sites is 6. The minimum absolute atomic E-state index is 0. The maximum atomic E-state index is 4.44. The summed E-state index contributed by atoms with van der Waals surface area (Å²) in [6.45, 7) is 20.7. The zero-order valence-electron chi connectivity index (χ0n) is 29.1. The van der Waals surface area contributed by atoms with Gasteiger partial charge in [-0.05, 0) is 58.1 Å². The van der Waals surface area contributed by atoms with Gasteiger partial charge in [-0.2, -0.15) is 0 Å².